The summed E-state index contributed by atoms with van der Waals surface area (Å²) in [4.78, 5) is 14.9. The van der Waals surface area contributed by atoms with E-state index in [4.69, 9.17) is 4.74 Å². The summed E-state index contributed by atoms with van der Waals surface area (Å²) in [5, 5.41) is 9.79. The van der Waals surface area contributed by atoms with Gasteiger partial charge >= 0.3 is 0 Å². The van der Waals surface area contributed by atoms with Crippen LogP contribution in [-0.2, 0) is 11.3 Å². The quantitative estimate of drug-likeness (QED) is 0.917. The van der Waals surface area contributed by atoms with Crippen molar-refractivity contribution in [3.8, 4) is 11.5 Å². The number of ether oxygens (including phenoxy) is 1. The van der Waals surface area contributed by atoms with Crippen LogP contribution in [0.5, 0.6) is 11.5 Å². The van der Waals surface area contributed by atoms with Crippen molar-refractivity contribution in [3.63, 3.8) is 0 Å². The Labute approximate surface area is 142 Å². The fourth-order valence-electron chi connectivity index (χ4n) is 3.15. The zero-order chi connectivity index (χ0) is 17.3. The number of anilines is 1. The lowest BCUT2D eigenvalue weighted by molar-refractivity contribution is -0.136. The van der Waals surface area contributed by atoms with E-state index in [1.165, 1.54) is 5.56 Å². The molecular weight excluding hydrogens is 302 g/mol. The molecule has 0 saturated heterocycles. The molecule has 4 heteroatoms. The number of carbonyl (C=O) groups is 1. The molecule has 0 fully saturated rings. The lowest BCUT2D eigenvalue weighted by atomic mass is 9.92. The van der Waals surface area contributed by atoms with Crippen LogP contribution in [0.15, 0.2) is 42.5 Å². The molecule has 0 unspecified atom stereocenters. The Bertz CT molecular complexity index is 748. The highest BCUT2D eigenvalue weighted by molar-refractivity contribution is 6.02. The zero-order valence-electron chi connectivity index (χ0n) is 14.4. The first-order chi connectivity index (χ1) is 11.5. The summed E-state index contributed by atoms with van der Waals surface area (Å²) >= 11 is 0. The number of aryl methyl sites for hydroxylation is 1. The monoisotopic (exact) mass is 325 g/mol. The number of phenolic OH excluding ortho intramolecular Hbond substituents is 1. The van der Waals surface area contributed by atoms with Gasteiger partial charge in [-0.2, -0.15) is 0 Å². The predicted molar refractivity (Wildman–Crippen MR) is 94.4 cm³/mol. The highest BCUT2D eigenvalue weighted by atomic mass is 16.5. The van der Waals surface area contributed by atoms with E-state index >= 15 is 0 Å². The molecule has 1 aliphatic rings. The second-order valence-corrected chi connectivity index (χ2v) is 6.33. The first kappa shape index (κ1) is 16.4. The lowest BCUT2D eigenvalue weighted by Gasteiger charge is -2.42. The van der Waals surface area contributed by atoms with E-state index in [1.54, 1.807) is 23.1 Å². The molecule has 4 nitrogen and oxygen atoms in total. The normalized spacial score (nSPS) is 15.8. The average molecular weight is 325 g/mol. The summed E-state index contributed by atoms with van der Waals surface area (Å²) in [7, 11) is 0. The van der Waals surface area contributed by atoms with Gasteiger partial charge in [-0.3, -0.25) is 4.79 Å². The van der Waals surface area contributed by atoms with E-state index < -0.39 is 5.60 Å². The minimum absolute atomic E-state index is 0.0220. The zero-order valence-corrected chi connectivity index (χ0v) is 14.4. The smallest absolute Gasteiger partial charge is 0.271 e. The maximum Gasteiger partial charge on any atom is 0.271 e. The Balaban J connectivity index is 2.05. The largest absolute Gasteiger partial charge is 0.508 e. The number of hydrogen-bond acceptors (Lipinski definition) is 3. The van der Waals surface area contributed by atoms with Gasteiger partial charge in [0.25, 0.3) is 5.91 Å². The second kappa shape index (κ2) is 6.19. The van der Waals surface area contributed by atoms with E-state index in [9.17, 15) is 9.90 Å². The lowest BCUT2D eigenvalue weighted by Crippen LogP contribution is -2.55. The number of amides is 1. The molecule has 126 valence electrons. The Morgan fingerprint density at radius 3 is 2.38 bits per heavy atom. The molecule has 2 aromatic carbocycles. The highest BCUT2D eigenvalue weighted by Gasteiger charge is 2.45. The van der Waals surface area contributed by atoms with Crippen molar-refractivity contribution in [1.29, 1.82) is 0 Å². The van der Waals surface area contributed by atoms with E-state index in [0.29, 0.717) is 30.8 Å². The number of phenols is 1. The van der Waals surface area contributed by atoms with Crippen LogP contribution in [0.1, 0.15) is 37.8 Å². The number of nitrogens with zero attached hydrogens (tertiary/aromatic N) is 1. The summed E-state index contributed by atoms with van der Waals surface area (Å²) in [6, 6.07) is 13.1. The minimum Gasteiger partial charge on any atom is -0.508 e. The molecule has 0 saturated carbocycles. The molecule has 1 heterocycles. The molecule has 1 N–H and O–H groups in total. The fourth-order valence-corrected chi connectivity index (χ4v) is 3.15. The number of carbonyl (C=O) groups excluding carboxylic acids is 1. The molecule has 24 heavy (non-hydrogen) atoms. The molecule has 0 spiro atoms. The average Bonchev–Trinajstić information content (AvgIpc) is 2.59. The summed E-state index contributed by atoms with van der Waals surface area (Å²) in [5.41, 5.74) is 2.09. The maximum atomic E-state index is 13.2. The maximum absolute atomic E-state index is 13.2. The molecule has 3 rings (SSSR count). The van der Waals surface area contributed by atoms with Crippen LogP contribution >= 0.6 is 0 Å². The summed E-state index contributed by atoms with van der Waals surface area (Å²) in [5.74, 6) is 0.677. The van der Waals surface area contributed by atoms with Crippen molar-refractivity contribution in [2.75, 3.05) is 4.90 Å². The van der Waals surface area contributed by atoms with Gasteiger partial charge in [0, 0.05) is 6.07 Å². The predicted octanol–water partition coefficient (Wildman–Crippen LogP) is 4.19. The van der Waals surface area contributed by atoms with Crippen molar-refractivity contribution in [3.05, 3.63) is 53.6 Å². The molecule has 0 atom stereocenters. The van der Waals surface area contributed by atoms with Crippen LogP contribution in [0.4, 0.5) is 5.69 Å². The van der Waals surface area contributed by atoms with Crippen LogP contribution < -0.4 is 9.64 Å². The first-order valence-corrected chi connectivity index (χ1v) is 8.38. The minimum atomic E-state index is -0.870. The fraction of sp³-hybridized carbons (Fsp3) is 0.350. The van der Waals surface area contributed by atoms with Gasteiger partial charge in [-0.05, 0) is 37.5 Å². The SMILES string of the molecule is CCC1(CC)Oc2cc(O)ccc2N(Cc2ccc(C)cc2)C1=O. The number of benzene rings is 2. The van der Waals surface area contributed by atoms with Crippen molar-refractivity contribution in [2.24, 2.45) is 0 Å². The third-order valence-corrected chi connectivity index (χ3v) is 4.78. The van der Waals surface area contributed by atoms with Gasteiger partial charge in [-0.25, -0.2) is 0 Å². The number of fused-ring (bicyclic) bond motifs is 1. The van der Waals surface area contributed by atoms with Gasteiger partial charge in [0.1, 0.15) is 11.5 Å². The Morgan fingerprint density at radius 2 is 1.75 bits per heavy atom. The van der Waals surface area contributed by atoms with Crippen LogP contribution in [0.3, 0.4) is 0 Å². The van der Waals surface area contributed by atoms with E-state index in [0.717, 1.165) is 5.56 Å². The van der Waals surface area contributed by atoms with Gasteiger partial charge in [0.2, 0.25) is 0 Å². The Morgan fingerprint density at radius 1 is 1.08 bits per heavy atom. The Hall–Kier alpha value is -2.49. The van der Waals surface area contributed by atoms with Crippen LogP contribution in [0.2, 0.25) is 0 Å². The molecule has 0 aromatic heterocycles. The molecule has 1 amide bonds. The Kier molecular flexibility index (Phi) is 4.22. The van der Waals surface area contributed by atoms with Gasteiger partial charge in [-0.1, -0.05) is 43.7 Å². The van der Waals surface area contributed by atoms with Gasteiger partial charge < -0.3 is 14.7 Å². The molecular formula is C20H23NO3. The highest BCUT2D eigenvalue weighted by Crippen LogP contribution is 2.42. The molecule has 0 aliphatic carbocycles. The topological polar surface area (TPSA) is 49.8 Å². The summed E-state index contributed by atoms with van der Waals surface area (Å²) in [6.45, 7) is 6.45. The van der Waals surface area contributed by atoms with Gasteiger partial charge in [-0.15, -0.1) is 0 Å². The number of hydrogen-bond donors (Lipinski definition) is 1. The van der Waals surface area contributed by atoms with Crippen molar-refractivity contribution >= 4 is 11.6 Å². The molecule has 1 aliphatic heterocycles. The third kappa shape index (κ3) is 2.73. The molecule has 0 bridgehead atoms. The first-order valence-electron chi connectivity index (χ1n) is 8.38. The van der Waals surface area contributed by atoms with Crippen molar-refractivity contribution in [1.82, 2.24) is 0 Å². The number of rotatable bonds is 4. The van der Waals surface area contributed by atoms with Crippen LogP contribution in [-0.4, -0.2) is 16.6 Å². The van der Waals surface area contributed by atoms with E-state index in [-0.39, 0.29) is 11.7 Å². The van der Waals surface area contributed by atoms with Crippen molar-refractivity contribution < 1.29 is 14.6 Å². The van der Waals surface area contributed by atoms with Crippen LogP contribution in [0, 0.1) is 6.92 Å². The summed E-state index contributed by atoms with van der Waals surface area (Å²) in [6.07, 6.45) is 1.17. The molecule has 0 radical (unpaired) electrons. The van der Waals surface area contributed by atoms with Gasteiger partial charge in [0.15, 0.2) is 5.60 Å². The number of aromatic hydroxyl groups is 1. The third-order valence-electron chi connectivity index (χ3n) is 4.78. The second-order valence-electron chi connectivity index (χ2n) is 6.33. The van der Waals surface area contributed by atoms with Crippen LogP contribution in [0.25, 0.3) is 0 Å². The van der Waals surface area contributed by atoms with E-state index in [2.05, 4.69) is 0 Å². The van der Waals surface area contributed by atoms with E-state index in [1.807, 2.05) is 45.0 Å². The van der Waals surface area contributed by atoms with Crippen molar-refractivity contribution in [2.45, 2.75) is 45.8 Å². The molecule has 2 aromatic rings. The standard InChI is InChI=1S/C20H23NO3/c1-4-20(5-2)19(23)21(13-15-8-6-14(3)7-9-15)17-11-10-16(22)12-18(17)24-20/h6-12,22H,4-5,13H2,1-3H3. The van der Waals surface area contributed by atoms with Gasteiger partial charge in [0.05, 0.1) is 12.2 Å². The summed E-state index contributed by atoms with van der Waals surface area (Å²) < 4.78 is 6.05.